The van der Waals surface area contributed by atoms with Crippen LogP contribution in [0.4, 0.5) is 0 Å². The van der Waals surface area contributed by atoms with Gasteiger partial charge in [-0.2, -0.15) is 5.26 Å². The summed E-state index contributed by atoms with van der Waals surface area (Å²) in [5.41, 5.74) is 5.37. The van der Waals surface area contributed by atoms with E-state index in [0.29, 0.717) is 21.5 Å². The van der Waals surface area contributed by atoms with Crippen LogP contribution < -0.4 is 15.2 Å². The Morgan fingerprint density at radius 1 is 1.60 bits per heavy atom. The number of hydrogen-bond donors (Lipinski definition) is 1. The number of amides is 1. The predicted octanol–water partition coefficient (Wildman–Crippen LogP) is 1.86. The van der Waals surface area contributed by atoms with E-state index >= 15 is 0 Å². The van der Waals surface area contributed by atoms with Crippen molar-refractivity contribution in [3.63, 3.8) is 0 Å². The van der Waals surface area contributed by atoms with E-state index in [1.807, 2.05) is 0 Å². The molecule has 0 radical (unpaired) electrons. The predicted molar refractivity (Wildman–Crippen MR) is 77.8 cm³/mol. The molecule has 0 aromatic heterocycles. The van der Waals surface area contributed by atoms with Crippen molar-refractivity contribution in [1.82, 2.24) is 0 Å². The number of methoxy groups -OCH3 is 1. The van der Waals surface area contributed by atoms with Crippen molar-refractivity contribution in [3.8, 4) is 29.9 Å². The molecule has 0 unspecified atom stereocenters. The Labute approximate surface area is 125 Å². The highest BCUT2D eigenvalue weighted by Gasteiger charge is 2.13. The maximum absolute atomic E-state index is 11.1. The van der Waals surface area contributed by atoms with Crippen LogP contribution in [-0.2, 0) is 4.79 Å². The number of terminal acetylenes is 1. The number of nitriles is 1. The molecule has 0 fully saturated rings. The molecule has 0 saturated heterocycles. The van der Waals surface area contributed by atoms with Crippen LogP contribution in [0.2, 0.25) is 0 Å². The van der Waals surface area contributed by atoms with Crippen molar-refractivity contribution in [2.45, 2.75) is 0 Å². The zero-order valence-electron chi connectivity index (χ0n) is 10.6. The summed E-state index contributed by atoms with van der Waals surface area (Å²) >= 11 is 3.30. The van der Waals surface area contributed by atoms with Crippen molar-refractivity contribution < 1.29 is 14.3 Å². The number of carbonyl (C=O) groups excluding carboxylic acids is 1. The lowest BCUT2D eigenvalue weighted by Gasteiger charge is -2.12. The summed E-state index contributed by atoms with van der Waals surface area (Å²) in [4.78, 5) is 11.1. The molecule has 0 heterocycles. The molecule has 0 spiro atoms. The Morgan fingerprint density at radius 2 is 2.30 bits per heavy atom. The molecule has 0 saturated carbocycles. The quantitative estimate of drug-likeness (QED) is 0.506. The Kier molecular flexibility index (Phi) is 5.64. The van der Waals surface area contributed by atoms with Crippen molar-refractivity contribution >= 4 is 27.9 Å². The summed E-state index contributed by atoms with van der Waals surface area (Å²) < 4.78 is 11.3. The summed E-state index contributed by atoms with van der Waals surface area (Å²) in [7, 11) is 1.47. The lowest BCUT2D eigenvalue weighted by atomic mass is 10.1. The summed E-state index contributed by atoms with van der Waals surface area (Å²) in [5.74, 6) is 2.26. The van der Waals surface area contributed by atoms with E-state index < -0.39 is 5.91 Å². The normalized spacial score (nSPS) is 10.3. The van der Waals surface area contributed by atoms with Crippen LogP contribution in [0.5, 0.6) is 11.5 Å². The van der Waals surface area contributed by atoms with Crippen LogP contribution in [-0.4, -0.2) is 19.6 Å². The minimum absolute atomic E-state index is 0.0251. The fourth-order valence-corrected chi connectivity index (χ4v) is 1.88. The molecule has 1 rings (SSSR count). The van der Waals surface area contributed by atoms with Crippen molar-refractivity contribution in [2.24, 2.45) is 5.73 Å². The van der Waals surface area contributed by atoms with E-state index in [1.165, 1.54) is 13.2 Å². The monoisotopic (exact) mass is 334 g/mol. The zero-order valence-corrected chi connectivity index (χ0v) is 12.2. The van der Waals surface area contributed by atoms with Gasteiger partial charge >= 0.3 is 0 Å². The van der Waals surface area contributed by atoms with Gasteiger partial charge in [0.1, 0.15) is 18.2 Å². The molecule has 20 heavy (non-hydrogen) atoms. The number of carbonyl (C=O) groups is 1. The topological polar surface area (TPSA) is 85.3 Å². The Hall–Kier alpha value is -2.44. The van der Waals surface area contributed by atoms with E-state index in [1.54, 1.807) is 18.2 Å². The van der Waals surface area contributed by atoms with Gasteiger partial charge in [0.15, 0.2) is 11.5 Å². The maximum atomic E-state index is 11.1. The SMILES string of the molecule is C#CCOc1c(/C=C(\C#N)C(N)=O)cc(Br)cc1OC. The number of primary amides is 1. The molecule has 1 aromatic rings. The largest absolute Gasteiger partial charge is 0.493 e. The first-order valence-electron chi connectivity index (χ1n) is 5.38. The molecule has 102 valence electrons. The van der Waals surface area contributed by atoms with Crippen LogP contribution in [0.1, 0.15) is 5.56 Å². The molecule has 0 bridgehead atoms. The lowest BCUT2D eigenvalue weighted by molar-refractivity contribution is -0.114. The Balaban J connectivity index is 3.44. The fourth-order valence-electron chi connectivity index (χ4n) is 1.43. The minimum atomic E-state index is -0.825. The van der Waals surface area contributed by atoms with Gasteiger partial charge in [-0.3, -0.25) is 4.79 Å². The second-order valence-electron chi connectivity index (χ2n) is 3.55. The Bertz CT molecular complexity index is 639. The van der Waals surface area contributed by atoms with Gasteiger partial charge in [-0.05, 0) is 18.2 Å². The second kappa shape index (κ2) is 7.22. The van der Waals surface area contributed by atoms with Gasteiger partial charge in [0.2, 0.25) is 0 Å². The van der Waals surface area contributed by atoms with Crippen molar-refractivity contribution in [3.05, 3.63) is 27.7 Å². The van der Waals surface area contributed by atoms with Crippen molar-refractivity contribution in [2.75, 3.05) is 13.7 Å². The molecule has 5 nitrogen and oxygen atoms in total. The van der Waals surface area contributed by atoms with Gasteiger partial charge in [0.25, 0.3) is 5.91 Å². The maximum Gasteiger partial charge on any atom is 0.259 e. The zero-order chi connectivity index (χ0) is 15.1. The van der Waals surface area contributed by atoms with Crippen LogP contribution in [0.25, 0.3) is 6.08 Å². The average Bonchev–Trinajstić information content (AvgIpc) is 2.42. The summed E-state index contributed by atoms with van der Waals surface area (Å²) in [6.45, 7) is 0.0251. The van der Waals surface area contributed by atoms with E-state index in [4.69, 9.17) is 26.9 Å². The molecule has 0 atom stereocenters. The summed E-state index contributed by atoms with van der Waals surface area (Å²) in [6.07, 6.45) is 6.48. The molecule has 1 aromatic carbocycles. The molecule has 0 aliphatic heterocycles. The van der Waals surface area contributed by atoms with Gasteiger partial charge < -0.3 is 15.2 Å². The average molecular weight is 335 g/mol. The first-order valence-corrected chi connectivity index (χ1v) is 6.18. The molecular formula is C14H11BrN2O3. The van der Waals surface area contributed by atoms with Gasteiger partial charge in [-0.1, -0.05) is 21.9 Å². The van der Waals surface area contributed by atoms with Crippen molar-refractivity contribution in [1.29, 1.82) is 5.26 Å². The Morgan fingerprint density at radius 3 is 2.80 bits per heavy atom. The standard InChI is InChI=1S/C14H11BrN2O3/c1-3-4-20-13-9(5-10(8-16)14(17)18)6-11(15)7-12(13)19-2/h1,5-7H,4H2,2H3,(H2,17,18)/b10-5+. The molecule has 0 aliphatic carbocycles. The second-order valence-corrected chi connectivity index (χ2v) is 4.47. The first-order chi connectivity index (χ1) is 9.53. The van der Waals surface area contributed by atoms with E-state index in [0.717, 1.165) is 0 Å². The number of nitrogens with zero attached hydrogens (tertiary/aromatic N) is 1. The smallest absolute Gasteiger partial charge is 0.259 e. The van der Waals surface area contributed by atoms with Crippen LogP contribution in [0, 0.1) is 23.7 Å². The molecule has 6 heteroatoms. The number of hydrogen-bond acceptors (Lipinski definition) is 4. The number of benzene rings is 1. The minimum Gasteiger partial charge on any atom is -0.493 e. The first kappa shape index (κ1) is 15.6. The third kappa shape index (κ3) is 3.78. The van der Waals surface area contributed by atoms with Gasteiger partial charge in [0.05, 0.1) is 7.11 Å². The third-order valence-corrected chi connectivity index (χ3v) is 2.71. The summed E-state index contributed by atoms with van der Waals surface area (Å²) in [6, 6.07) is 5.07. The van der Waals surface area contributed by atoms with Gasteiger partial charge in [-0.25, -0.2) is 0 Å². The molecule has 0 aliphatic rings. The van der Waals surface area contributed by atoms with E-state index in [-0.39, 0.29) is 12.2 Å². The highest BCUT2D eigenvalue weighted by atomic mass is 79.9. The van der Waals surface area contributed by atoms with Crippen LogP contribution in [0.15, 0.2) is 22.2 Å². The van der Waals surface area contributed by atoms with E-state index in [9.17, 15) is 4.79 Å². The van der Waals surface area contributed by atoms with Crippen LogP contribution >= 0.6 is 15.9 Å². The van der Waals surface area contributed by atoms with Gasteiger partial charge in [-0.15, -0.1) is 6.42 Å². The third-order valence-electron chi connectivity index (χ3n) is 2.25. The molecule has 2 N–H and O–H groups in total. The number of nitrogens with two attached hydrogens (primary N) is 1. The molecular weight excluding hydrogens is 324 g/mol. The molecule has 1 amide bonds. The lowest BCUT2D eigenvalue weighted by Crippen LogP contribution is -2.12. The van der Waals surface area contributed by atoms with E-state index in [2.05, 4.69) is 21.9 Å². The highest BCUT2D eigenvalue weighted by molar-refractivity contribution is 9.10. The number of rotatable bonds is 5. The summed E-state index contributed by atoms with van der Waals surface area (Å²) in [5, 5.41) is 8.89. The fraction of sp³-hybridized carbons (Fsp3) is 0.143. The number of ether oxygens (including phenoxy) is 2. The van der Waals surface area contributed by atoms with Gasteiger partial charge in [0, 0.05) is 10.0 Å². The highest BCUT2D eigenvalue weighted by Crippen LogP contribution is 2.36. The van der Waals surface area contributed by atoms with Crippen LogP contribution in [0.3, 0.4) is 0 Å². The number of halogens is 1.